The van der Waals surface area contributed by atoms with Crippen LogP contribution in [0.15, 0.2) is 54.7 Å². The number of anilines is 2. The normalized spacial score (nSPS) is 10.6. The number of carbonyl (C=O) groups excluding carboxylic acids is 1. The van der Waals surface area contributed by atoms with E-state index in [2.05, 4.69) is 20.7 Å². The first-order valence-electron chi connectivity index (χ1n) is 9.82. The van der Waals surface area contributed by atoms with Crippen LogP contribution in [0, 0.1) is 6.92 Å². The van der Waals surface area contributed by atoms with Gasteiger partial charge in [-0.15, -0.1) is 5.10 Å². The fourth-order valence-electron chi connectivity index (χ4n) is 3.23. The number of rotatable bonds is 6. The smallest absolute Gasteiger partial charge is 0.323 e. The number of nitrogens with one attached hydrogen (secondary N) is 2. The molecule has 4 aromatic rings. The third-order valence-electron chi connectivity index (χ3n) is 4.93. The molecule has 9 nitrogen and oxygen atoms in total. The summed E-state index contributed by atoms with van der Waals surface area (Å²) in [4.78, 5) is 17.2. The Hall–Kier alpha value is -4.27. The van der Waals surface area contributed by atoms with Gasteiger partial charge in [0, 0.05) is 29.1 Å². The lowest BCUT2D eigenvalue weighted by atomic mass is 10.1. The van der Waals surface area contributed by atoms with Gasteiger partial charge < -0.3 is 24.8 Å². The quantitative estimate of drug-likeness (QED) is 0.468. The molecule has 0 saturated carbocycles. The standard InChI is InChI=1S/C23H23N5O4/c1-14-5-6-15(18-13-28-21(25-18)9-10-22(27-28)32-4)11-17(14)26-23(29)24-16-7-8-19(30-2)20(12-16)31-3/h5-13H,1-4H3,(H2,24,26,29). The van der Waals surface area contributed by atoms with Crippen molar-refractivity contribution in [3.63, 3.8) is 0 Å². The maximum absolute atomic E-state index is 12.6. The molecule has 0 aliphatic heterocycles. The average Bonchev–Trinajstić information content (AvgIpc) is 3.23. The highest BCUT2D eigenvalue weighted by atomic mass is 16.5. The Morgan fingerprint density at radius 2 is 1.72 bits per heavy atom. The van der Waals surface area contributed by atoms with Crippen LogP contribution in [0.5, 0.6) is 17.4 Å². The fourth-order valence-corrected chi connectivity index (χ4v) is 3.23. The molecule has 2 N–H and O–H groups in total. The zero-order chi connectivity index (χ0) is 22.7. The number of hydrogen-bond acceptors (Lipinski definition) is 6. The summed E-state index contributed by atoms with van der Waals surface area (Å²) < 4.78 is 17.3. The Balaban J connectivity index is 1.55. The van der Waals surface area contributed by atoms with Crippen LogP contribution in [0.2, 0.25) is 0 Å². The number of nitrogens with zero attached hydrogens (tertiary/aromatic N) is 3. The molecule has 2 heterocycles. The highest BCUT2D eigenvalue weighted by Gasteiger charge is 2.12. The fraction of sp³-hybridized carbons (Fsp3) is 0.174. The third-order valence-corrected chi connectivity index (χ3v) is 4.93. The summed E-state index contributed by atoms with van der Waals surface area (Å²) in [5, 5.41) is 10.0. The maximum atomic E-state index is 12.6. The molecule has 2 aromatic carbocycles. The number of fused-ring (bicyclic) bond motifs is 1. The number of benzene rings is 2. The second-order valence-electron chi connectivity index (χ2n) is 6.98. The molecular weight excluding hydrogens is 410 g/mol. The van der Waals surface area contributed by atoms with Gasteiger partial charge in [-0.2, -0.15) is 0 Å². The third kappa shape index (κ3) is 4.27. The molecule has 0 aliphatic rings. The lowest BCUT2D eigenvalue weighted by molar-refractivity contribution is 0.262. The maximum Gasteiger partial charge on any atom is 0.323 e. The van der Waals surface area contributed by atoms with Gasteiger partial charge in [0.1, 0.15) is 0 Å². The summed E-state index contributed by atoms with van der Waals surface area (Å²) >= 11 is 0. The summed E-state index contributed by atoms with van der Waals surface area (Å²) in [6.07, 6.45) is 1.82. The average molecular weight is 433 g/mol. The Morgan fingerprint density at radius 3 is 2.47 bits per heavy atom. The van der Waals surface area contributed by atoms with Crippen molar-refractivity contribution >= 4 is 23.1 Å². The number of hydrogen-bond donors (Lipinski definition) is 2. The van der Waals surface area contributed by atoms with E-state index in [0.717, 1.165) is 16.8 Å². The van der Waals surface area contributed by atoms with Gasteiger partial charge in [-0.3, -0.25) is 0 Å². The zero-order valence-corrected chi connectivity index (χ0v) is 18.2. The number of imidazole rings is 1. The number of urea groups is 1. The highest BCUT2D eigenvalue weighted by Crippen LogP contribution is 2.30. The predicted octanol–water partition coefficient (Wildman–Crippen LogP) is 4.37. The van der Waals surface area contributed by atoms with E-state index in [1.54, 1.807) is 50.1 Å². The van der Waals surface area contributed by atoms with Crippen LogP contribution in [-0.4, -0.2) is 42.0 Å². The van der Waals surface area contributed by atoms with Gasteiger partial charge in [0.05, 0.1) is 33.2 Å². The Morgan fingerprint density at radius 1 is 0.906 bits per heavy atom. The van der Waals surface area contributed by atoms with Crippen molar-refractivity contribution in [2.24, 2.45) is 0 Å². The molecule has 0 unspecified atom stereocenters. The van der Waals surface area contributed by atoms with E-state index in [9.17, 15) is 4.79 Å². The summed E-state index contributed by atoms with van der Waals surface area (Å²) in [5.74, 6) is 1.61. The van der Waals surface area contributed by atoms with Crippen LogP contribution in [0.25, 0.3) is 16.9 Å². The van der Waals surface area contributed by atoms with E-state index in [0.29, 0.717) is 34.4 Å². The molecule has 32 heavy (non-hydrogen) atoms. The first kappa shape index (κ1) is 21.0. The van der Waals surface area contributed by atoms with Gasteiger partial charge in [0.15, 0.2) is 17.1 Å². The second kappa shape index (κ2) is 8.84. The van der Waals surface area contributed by atoms with E-state index in [1.165, 1.54) is 0 Å². The van der Waals surface area contributed by atoms with Gasteiger partial charge in [-0.25, -0.2) is 14.3 Å². The van der Waals surface area contributed by atoms with Gasteiger partial charge in [-0.1, -0.05) is 12.1 Å². The Labute approximate surface area is 184 Å². The summed E-state index contributed by atoms with van der Waals surface area (Å²) in [6.45, 7) is 1.92. The Kier molecular flexibility index (Phi) is 5.80. The number of ether oxygens (including phenoxy) is 3. The predicted molar refractivity (Wildman–Crippen MR) is 122 cm³/mol. The number of carbonyl (C=O) groups is 1. The van der Waals surface area contributed by atoms with Crippen molar-refractivity contribution in [1.29, 1.82) is 0 Å². The number of amides is 2. The monoisotopic (exact) mass is 433 g/mol. The first-order chi connectivity index (χ1) is 15.5. The molecule has 0 bridgehead atoms. The molecule has 2 amide bonds. The largest absolute Gasteiger partial charge is 0.493 e. The molecule has 0 atom stereocenters. The minimum atomic E-state index is -0.376. The summed E-state index contributed by atoms with van der Waals surface area (Å²) in [5.41, 5.74) is 4.44. The topological polar surface area (TPSA) is 99.0 Å². The molecule has 0 aliphatic carbocycles. The molecule has 2 aromatic heterocycles. The lowest BCUT2D eigenvalue weighted by Gasteiger charge is -2.13. The molecule has 4 rings (SSSR count). The van der Waals surface area contributed by atoms with Gasteiger partial charge in [0.25, 0.3) is 0 Å². The Bertz CT molecular complexity index is 1280. The van der Waals surface area contributed by atoms with Crippen LogP contribution >= 0.6 is 0 Å². The minimum Gasteiger partial charge on any atom is -0.493 e. The van der Waals surface area contributed by atoms with E-state index in [4.69, 9.17) is 14.2 Å². The summed E-state index contributed by atoms with van der Waals surface area (Å²) in [7, 11) is 4.67. The zero-order valence-electron chi connectivity index (χ0n) is 18.2. The SMILES string of the molecule is COc1ccc2nc(-c3ccc(C)c(NC(=O)Nc4ccc(OC)c(OC)c4)c3)cn2n1. The lowest BCUT2D eigenvalue weighted by Crippen LogP contribution is -2.20. The highest BCUT2D eigenvalue weighted by molar-refractivity contribution is 6.00. The van der Waals surface area contributed by atoms with Gasteiger partial charge in [0.2, 0.25) is 5.88 Å². The number of aryl methyl sites for hydroxylation is 1. The molecule has 0 radical (unpaired) electrons. The first-order valence-corrected chi connectivity index (χ1v) is 9.82. The summed E-state index contributed by atoms with van der Waals surface area (Å²) in [6, 6.07) is 14.1. The molecular formula is C23H23N5O4. The molecule has 0 fully saturated rings. The van der Waals surface area contributed by atoms with Crippen molar-refractivity contribution in [2.45, 2.75) is 6.92 Å². The van der Waals surface area contributed by atoms with Crippen LogP contribution in [0.3, 0.4) is 0 Å². The molecule has 0 saturated heterocycles. The van der Waals surface area contributed by atoms with Crippen molar-refractivity contribution in [1.82, 2.24) is 14.6 Å². The van der Waals surface area contributed by atoms with Crippen molar-refractivity contribution in [3.05, 3.63) is 60.3 Å². The van der Waals surface area contributed by atoms with Crippen LogP contribution < -0.4 is 24.8 Å². The van der Waals surface area contributed by atoms with Crippen molar-refractivity contribution in [2.75, 3.05) is 32.0 Å². The van der Waals surface area contributed by atoms with Crippen LogP contribution in [-0.2, 0) is 0 Å². The van der Waals surface area contributed by atoms with Crippen LogP contribution in [0.4, 0.5) is 16.2 Å². The second-order valence-corrected chi connectivity index (χ2v) is 6.98. The number of aromatic nitrogens is 3. The van der Waals surface area contributed by atoms with Crippen molar-refractivity contribution < 1.29 is 19.0 Å². The molecule has 0 spiro atoms. The van der Waals surface area contributed by atoms with E-state index in [1.807, 2.05) is 37.4 Å². The van der Waals surface area contributed by atoms with E-state index < -0.39 is 0 Å². The van der Waals surface area contributed by atoms with E-state index >= 15 is 0 Å². The van der Waals surface area contributed by atoms with Crippen molar-refractivity contribution in [3.8, 4) is 28.6 Å². The number of methoxy groups -OCH3 is 3. The van der Waals surface area contributed by atoms with E-state index in [-0.39, 0.29) is 6.03 Å². The minimum absolute atomic E-state index is 0.376. The molecule has 9 heteroatoms. The molecule has 164 valence electrons. The van der Waals surface area contributed by atoms with Gasteiger partial charge in [-0.05, 0) is 36.8 Å². The van der Waals surface area contributed by atoms with Crippen LogP contribution in [0.1, 0.15) is 5.56 Å². The van der Waals surface area contributed by atoms with Gasteiger partial charge >= 0.3 is 6.03 Å².